The van der Waals surface area contributed by atoms with Crippen LogP contribution in [0.4, 0.5) is 23.3 Å². The van der Waals surface area contributed by atoms with Crippen LogP contribution >= 0.6 is 11.8 Å². The minimum absolute atomic E-state index is 0.0454. The molecule has 3 rings (SSSR count). The summed E-state index contributed by atoms with van der Waals surface area (Å²) >= 11 is 1.45. The molecule has 0 bridgehead atoms. The lowest BCUT2D eigenvalue weighted by Crippen LogP contribution is -2.32. The van der Waals surface area contributed by atoms with E-state index in [2.05, 4.69) is 20.3 Å². The summed E-state index contributed by atoms with van der Waals surface area (Å²) in [6.45, 7) is 4.58. The van der Waals surface area contributed by atoms with Gasteiger partial charge in [0.25, 0.3) is 0 Å². The number of thioether (sulfide) groups is 1. The number of rotatable bonds is 8. The number of anilines is 4. The molecule has 150 valence electrons. The van der Waals surface area contributed by atoms with Crippen molar-refractivity contribution in [1.29, 1.82) is 0 Å². The number of carbonyl (C=O) groups excluding carboxylic acids is 1. The van der Waals surface area contributed by atoms with Crippen LogP contribution in [-0.4, -0.2) is 33.2 Å². The van der Waals surface area contributed by atoms with Gasteiger partial charge in [-0.15, -0.1) is 11.8 Å². The van der Waals surface area contributed by atoms with E-state index in [0.29, 0.717) is 29.8 Å². The summed E-state index contributed by atoms with van der Waals surface area (Å²) in [6.07, 6.45) is 0. The van der Waals surface area contributed by atoms with Gasteiger partial charge in [0.2, 0.25) is 17.8 Å². The van der Waals surface area contributed by atoms with Crippen LogP contribution in [0.15, 0.2) is 54.6 Å². The van der Waals surface area contributed by atoms with E-state index in [0.717, 1.165) is 16.9 Å². The molecule has 0 saturated heterocycles. The second-order valence-corrected chi connectivity index (χ2v) is 7.33. The minimum Gasteiger partial charge on any atom is -0.368 e. The number of hydrogen-bond acceptors (Lipinski definition) is 7. The van der Waals surface area contributed by atoms with Crippen LogP contribution in [0.5, 0.6) is 0 Å². The van der Waals surface area contributed by atoms with E-state index in [1.165, 1.54) is 11.8 Å². The summed E-state index contributed by atoms with van der Waals surface area (Å²) in [5.41, 5.74) is 8.73. The number of para-hydroxylation sites is 2. The Labute approximate surface area is 174 Å². The highest BCUT2D eigenvalue weighted by atomic mass is 32.2. The molecule has 29 heavy (non-hydrogen) atoms. The third kappa shape index (κ3) is 5.68. The fourth-order valence-corrected chi connectivity index (χ4v) is 3.55. The molecular weight excluding hydrogens is 384 g/mol. The lowest BCUT2D eigenvalue weighted by molar-refractivity contribution is -0.116. The number of nitrogens with zero attached hydrogens (tertiary/aromatic N) is 4. The van der Waals surface area contributed by atoms with Crippen LogP contribution in [0, 0.1) is 6.92 Å². The smallest absolute Gasteiger partial charge is 0.236 e. The van der Waals surface area contributed by atoms with Gasteiger partial charge in [-0.05, 0) is 37.6 Å². The summed E-state index contributed by atoms with van der Waals surface area (Å²) in [5.74, 6) is 1.92. The number of hydrogen-bond donors (Lipinski definition) is 2. The molecule has 1 amide bonds. The molecule has 0 aliphatic carbocycles. The average Bonchev–Trinajstić information content (AvgIpc) is 2.71. The first-order valence-corrected chi connectivity index (χ1v) is 10.5. The first-order chi connectivity index (χ1) is 14.1. The zero-order valence-electron chi connectivity index (χ0n) is 16.5. The van der Waals surface area contributed by atoms with Crippen molar-refractivity contribution < 1.29 is 4.79 Å². The average molecular weight is 409 g/mol. The number of carbonyl (C=O) groups is 1. The van der Waals surface area contributed by atoms with Crippen molar-refractivity contribution >= 4 is 40.9 Å². The maximum atomic E-state index is 12.6. The van der Waals surface area contributed by atoms with Gasteiger partial charge in [0, 0.05) is 17.9 Å². The topological polar surface area (TPSA) is 97.0 Å². The Balaban J connectivity index is 1.61. The van der Waals surface area contributed by atoms with Gasteiger partial charge >= 0.3 is 0 Å². The molecule has 0 radical (unpaired) electrons. The largest absolute Gasteiger partial charge is 0.368 e. The van der Waals surface area contributed by atoms with Crippen molar-refractivity contribution in [2.75, 3.05) is 28.2 Å². The van der Waals surface area contributed by atoms with Crippen LogP contribution in [0.3, 0.4) is 0 Å². The molecule has 3 aromatic rings. The van der Waals surface area contributed by atoms with Gasteiger partial charge in [-0.3, -0.25) is 4.79 Å². The van der Waals surface area contributed by atoms with E-state index in [1.807, 2.05) is 68.4 Å². The molecule has 1 heterocycles. The maximum absolute atomic E-state index is 12.6. The summed E-state index contributed by atoms with van der Waals surface area (Å²) < 4.78 is 0. The number of aromatic nitrogens is 3. The fraction of sp³-hybridized carbons (Fsp3) is 0.238. The number of nitrogens with two attached hydrogens (primary N) is 1. The van der Waals surface area contributed by atoms with Gasteiger partial charge in [0.05, 0.1) is 11.5 Å². The van der Waals surface area contributed by atoms with Crippen molar-refractivity contribution in [2.24, 2.45) is 0 Å². The predicted octanol–water partition coefficient (Wildman–Crippen LogP) is 3.79. The maximum Gasteiger partial charge on any atom is 0.236 e. The normalized spacial score (nSPS) is 10.6. The van der Waals surface area contributed by atoms with Gasteiger partial charge in [-0.1, -0.05) is 36.4 Å². The zero-order chi connectivity index (χ0) is 20.6. The van der Waals surface area contributed by atoms with Gasteiger partial charge in [-0.25, -0.2) is 0 Å². The zero-order valence-corrected chi connectivity index (χ0v) is 17.3. The van der Waals surface area contributed by atoms with Crippen molar-refractivity contribution in [3.63, 3.8) is 0 Å². The second-order valence-electron chi connectivity index (χ2n) is 6.34. The molecule has 0 saturated carbocycles. The third-order valence-electron chi connectivity index (χ3n) is 4.23. The van der Waals surface area contributed by atoms with E-state index >= 15 is 0 Å². The van der Waals surface area contributed by atoms with Gasteiger partial charge in [0.1, 0.15) is 5.82 Å². The number of aryl methyl sites for hydroxylation is 1. The van der Waals surface area contributed by atoms with Crippen molar-refractivity contribution in [2.45, 2.75) is 19.6 Å². The highest BCUT2D eigenvalue weighted by Crippen LogP contribution is 2.20. The standard InChI is InChI=1S/C21H24N6OS/c1-3-27(16-10-5-4-6-11-16)19(28)14-29-13-18-24-20(22)26-21(25-18)23-17-12-8-7-9-15(17)2/h4-12H,3,13-14H2,1-2H3,(H3,22,23,24,25,26). The highest BCUT2D eigenvalue weighted by Gasteiger charge is 2.14. The molecule has 1 aromatic heterocycles. The Bertz CT molecular complexity index is 966. The monoisotopic (exact) mass is 408 g/mol. The number of nitrogens with one attached hydrogen (secondary N) is 1. The number of amides is 1. The summed E-state index contributed by atoms with van der Waals surface area (Å²) in [4.78, 5) is 27.1. The molecular formula is C21H24N6OS. The van der Waals surface area contributed by atoms with Crippen molar-refractivity contribution in [3.8, 4) is 0 Å². The Morgan fingerprint density at radius 2 is 1.79 bits per heavy atom. The molecule has 3 N–H and O–H groups in total. The Morgan fingerprint density at radius 3 is 2.52 bits per heavy atom. The third-order valence-corrected chi connectivity index (χ3v) is 5.15. The molecule has 0 spiro atoms. The Hall–Kier alpha value is -3.13. The predicted molar refractivity (Wildman–Crippen MR) is 119 cm³/mol. The lowest BCUT2D eigenvalue weighted by atomic mass is 10.2. The summed E-state index contributed by atoms with van der Waals surface area (Å²) in [7, 11) is 0. The van der Waals surface area contributed by atoms with Gasteiger partial charge < -0.3 is 16.0 Å². The van der Waals surface area contributed by atoms with Crippen molar-refractivity contribution in [1.82, 2.24) is 15.0 Å². The SMILES string of the molecule is CCN(C(=O)CSCc1nc(N)nc(Nc2ccccc2C)n1)c1ccccc1. The van der Waals surface area contributed by atoms with Crippen LogP contribution in [0.25, 0.3) is 0 Å². The number of nitrogen functional groups attached to an aromatic ring is 1. The molecule has 2 aromatic carbocycles. The van der Waals surface area contributed by atoms with Crippen molar-refractivity contribution in [3.05, 3.63) is 66.0 Å². The molecule has 0 aliphatic rings. The molecule has 7 nitrogen and oxygen atoms in total. The molecule has 0 unspecified atom stereocenters. The Kier molecular flexibility index (Phi) is 7.02. The molecule has 0 aliphatic heterocycles. The van der Waals surface area contributed by atoms with Crippen LogP contribution in [0.1, 0.15) is 18.3 Å². The highest BCUT2D eigenvalue weighted by molar-refractivity contribution is 7.99. The quantitative estimate of drug-likeness (QED) is 0.585. The minimum atomic E-state index is 0.0454. The lowest BCUT2D eigenvalue weighted by Gasteiger charge is -2.20. The molecule has 0 fully saturated rings. The molecule has 0 atom stereocenters. The van der Waals surface area contributed by atoms with E-state index in [4.69, 9.17) is 5.73 Å². The molecule has 8 heteroatoms. The first-order valence-electron chi connectivity index (χ1n) is 9.33. The van der Waals surface area contributed by atoms with Crippen LogP contribution in [0.2, 0.25) is 0 Å². The second kappa shape index (κ2) is 9.88. The fourth-order valence-electron chi connectivity index (χ4n) is 2.81. The van der Waals surface area contributed by atoms with E-state index in [-0.39, 0.29) is 11.9 Å². The number of benzene rings is 2. The van der Waals surface area contributed by atoms with Gasteiger partial charge in [0.15, 0.2) is 0 Å². The summed E-state index contributed by atoms with van der Waals surface area (Å²) in [5, 5.41) is 3.17. The van der Waals surface area contributed by atoms with E-state index < -0.39 is 0 Å². The summed E-state index contributed by atoms with van der Waals surface area (Å²) in [6, 6.07) is 17.5. The van der Waals surface area contributed by atoms with Crippen LogP contribution < -0.4 is 16.0 Å². The van der Waals surface area contributed by atoms with Gasteiger partial charge in [-0.2, -0.15) is 15.0 Å². The Morgan fingerprint density at radius 1 is 1.07 bits per heavy atom. The van der Waals surface area contributed by atoms with E-state index in [1.54, 1.807) is 4.90 Å². The van der Waals surface area contributed by atoms with E-state index in [9.17, 15) is 4.79 Å². The van der Waals surface area contributed by atoms with Crippen LogP contribution in [-0.2, 0) is 10.5 Å². The first kappa shape index (κ1) is 20.6.